The summed E-state index contributed by atoms with van der Waals surface area (Å²) < 4.78 is 16.9. The maximum absolute atomic E-state index is 12.4. The average Bonchev–Trinajstić information content (AvgIpc) is 2.60. The first-order chi connectivity index (χ1) is 11.6. The van der Waals surface area contributed by atoms with E-state index in [0.29, 0.717) is 35.4 Å². The van der Waals surface area contributed by atoms with Crippen LogP contribution in [0.2, 0.25) is 5.02 Å². The molecule has 0 saturated heterocycles. The first-order valence-corrected chi connectivity index (χ1v) is 8.03. The minimum Gasteiger partial charge on any atom is -0.492 e. The zero-order valence-corrected chi connectivity index (χ0v) is 14.0. The molecule has 1 aliphatic rings. The number of carbonyl (C=O) groups is 1. The van der Waals surface area contributed by atoms with Gasteiger partial charge in [-0.05, 0) is 30.3 Å². The molecular formula is C18H18ClNO4. The third kappa shape index (κ3) is 3.92. The quantitative estimate of drug-likeness (QED) is 0.834. The Morgan fingerprint density at radius 3 is 2.83 bits per heavy atom. The molecule has 6 heteroatoms. The maximum Gasteiger partial charge on any atom is 0.267 e. The van der Waals surface area contributed by atoms with Crippen LogP contribution in [0, 0.1) is 0 Å². The molecule has 1 amide bonds. The molecule has 1 aliphatic heterocycles. The zero-order valence-electron chi connectivity index (χ0n) is 13.3. The fourth-order valence-electron chi connectivity index (χ4n) is 2.35. The Labute approximate surface area is 145 Å². The molecule has 0 bridgehead atoms. The molecule has 0 N–H and O–H groups in total. The SMILES string of the molecule is CN(CCOc1cccc(Cl)c1)C(=O)[C@H]1COc2ccccc2O1. The summed E-state index contributed by atoms with van der Waals surface area (Å²) in [5.74, 6) is 1.79. The van der Waals surface area contributed by atoms with Gasteiger partial charge in [0, 0.05) is 12.1 Å². The molecule has 0 aliphatic carbocycles. The van der Waals surface area contributed by atoms with Crippen LogP contribution in [0.15, 0.2) is 48.5 Å². The molecular weight excluding hydrogens is 330 g/mol. The van der Waals surface area contributed by atoms with E-state index in [1.54, 1.807) is 30.1 Å². The highest BCUT2D eigenvalue weighted by molar-refractivity contribution is 6.30. The van der Waals surface area contributed by atoms with E-state index in [1.807, 2.05) is 30.3 Å². The fraction of sp³-hybridized carbons (Fsp3) is 0.278. The van der Waals surface area contributed by atoms with Gasteiger partial charge in [0.15, 0.2) is 11.5 Å². The lowest BCUT2D eigenvalue weighted by Crippen LogP contribution is -2.45. The monoisotopic (exact) mass is 347 g/mol. The third-order valence-corrected chi connectivity index (χ3v) is 3.89. The Morgan fingerprint density at radius 2 is 2.04 bits per heavy atom. The first-order valence-electron chi connectivity index (χ1n) is 7.65. The Kier molecular flexibility index (Phi) is 5.11. The molecule has 0 radical (unpaired) electrons. The van der Waals surface area contributed by atoms with Crippen LogP contribution in [0.3, 0.4) is 0 Å². The van der Waals surface area contributed by atoms with Gasteiger partial charge < -0.3 is 19.1 Å². The van der Waals surface area contributed by atoms with Crippen molar-refractivity contribution in [2.45, 2.75) is 6.10 Å². The van der Waals surface area contributed by atoms with Crippen LogP contribution in [0.4, 0.5) is 0 Å². The van der Waals surface area contributed by atoms with E-state index < -0.39 is 6.10 Å². The van der Waals surface area contributed by atoms with Gasteiger partial charge >= 0.3 is 0 Å². The van der Waals surface area contributed by atoms with Crippen molar-refractivity contribution in [1.82, 2.24) is 4.90 Å². The minimum atomic E-state index is -0.643. The van der Waals surface area contributed by atoms with Crippen molar-refractivity contribution in [3.05, 3.63) is 53.6 Å². The fourth-order valence-corrected chi connectivity index (χ4v) is 2.53. The molecule has 0 saturated carbocycles. The molecule has 126 valence electrons. The molecule has 0 spiro atoms. The van der Waals surface area contributed by atoms with Gasteiger partial charge in [-0.15, -0.1) is 0 Å². The van der Waals surface area contributed by atoms with Crippen molar-refractivity contribution in [2.24, 2.45) is 0 Å². The summed E-state index contributed by atoms with van der Waals surface area (Å²) in [5, 5.41) is 0.614. The van der Waals surface area contributed by atoms with Crippen molar-refractivity contribution < 1.29 is 19.0 Å². The van der Waals surface area contributed by atoms with Crippen molar-refractivity contribution in [3.63, 3.8) is 0 Å². The largest absolute Gasteiger partial charge is 0.492 e. The number of nitrogens with zero attached hydrogens (tertiary/aromatic N) is 1. The summed E-state index contributed by atoms with van der Waals surface area (Å²) in [6, 6.07) is 14.5. The van der Waals surface area contributed by atoms with E-state index in [2.05, 4.69) is 0 Å². The van der Waals surface area contributed by atoms with E-state index in [4.69, 9.17) is 25.8 Å². The number of rotatable bonds is 5. The summed E-state index contributed by atoms with van der Waals surface area (Å²) in [5.41, 5.74) is 0. The second kappa shape index (κ2) is 7.45. The highest BCUT2D eigenvalue weighted by atomic mass is 35.5. The number of halogens is 1. The number of hydrogen-bond donors (Lipinski definition) is 0. The smallest absolute Gasteiger partial charge is 0.267 e. The van der Waals surface area contributed by atoms with Crippen LogP contribution >= 0.6 is 11.6 Å². The van der Waals surface area contributed by atoms with E-state index in [1.165, 1.54) is 0 Å². The van der Waals surface area contributed by atoms with Gasteiger partial charge in [-0.3, -0.25) is 4.79 Å². The van der Waals surface area contributed by atoms with Gasteiger partial charge in [-0.1, -0.05) is 29.8 Å². The van der Waals surface area contributed by atoms with Gasteiger partial charge in [-0.25, -0.2) is 0 Å². The number of amides is 1. The number of carbonyl (C=O) groups excluding carboxylic acids is 1. The van der Waals surface area contributed by atoms with Gasteiger partial charge in [0.05, 0.1) is 6.54 Å². The summed E-state index contributed by atoms with van der Waals surface area (Å²) in [6.45, 7) is 1.01. The van der Waals surface area contributed by atoms with Crippen LogP contribution in [-0.4, -0.2) is 43.7 Å². The van der Waals surface area contributed by atoms with Gasteiger partial charge in [0.2, 0.25) is 6.10 Å². The summed E-state index contributed by atoms with van der Waals surface area (Å²) in [4.78, 5) is 14.0. The van der Waals surface area contributed by atoms with Crippen molar-refractivity contribution in [1.29, 1.82) is 0 Å². The molecule has 24 heavy (non-hydrogen) atoms. The molecule has 2 aromatic carbocycles. The molecule has 2 aromatic rings. The molecule has 5 nitrogen and oxygen atoms in total. The zero-order chi connectivity index (χ0) is 16.9. The standard InChI is InChI=1S/C18H18ClNO4/c1-20(9-10-22-14-6-4-5-13(19)11-14)18(21)17-12-23-15-7-2-3-8-16(15)24-17/h2-8,11,17H,9-10,12H2,1H3/t17-/m1/s1. The normalized spacial score (nSPS) is 15.7. The van der Waals surface area contributed by atoms with Gasteiger partial charge in [0.1, 0.15) is 19.0 Å². The minimum absolute atomic E-state index is 0.140. The van der Waals surface area contributed by atoms with Crippen LogP contribution in [0.1, 0.15) is 0 Å². The van der Waals surface area contributed by atoms with Crippen molar-refractivity contribution >= 4 is 17.5 Å². The number of likely N-dealkylation sites (N-methyl/N-ethyl adjacent to an activating group) is 1. The predicted octanol–water partition coefficient (Wildman–Crippen LogP) is 3.02. The van der Waals surface area contributed by atoms with E-state index in [-0.39, 0.29) is 12.5 Å². The van der Waals surface area contributed by atoms with Gasteiger partial charge in [0.25, 0.3) is 5.91 Å². The highest BCUT2D eigenvalue weighted by Crippen LogP contribution is 2.31. The number of benzene rings is 2. The summed E-state index contributed by atoms with van der Waals surface area (Å²) in [6.07, 6.45) is -0.643. The molecule has 1 atom stereocenters. The second-order valence-corrected chi connectivity index (χ2v) is 5.87. The first kappa shape index (κ1) is 16.5. The number of hydrogen-bond acceptors (Lipinski definition) is 4. The molecule has 0 unspecified atom stereocenters. The molecule has 1 heterocycles. The Hall–Kier alpha value is -2.40. The predicted molar refractivity (Wildman–Crippen MR) is 90.9 cm³/mol. The topological polar surface area (TPSA) is 48.0 Å². The van der Waals surface area contributed by atoms with Crippen LogP contribution in [-0.2, 0) is 4.79 Å². The number of fused-ring (bicyclic) bond motifs is 1. The lowest BCUT2D eigenvalue weighted by molar-refractivity contribution is -0.140. The average molecular weight is 348 g/mol. The Morgan fingerprint density at radius 1 is 1.25 bits per heavy atom. The third-order valence-electron chi connectivity index (χ3n) is 3.65. The lowest BCUT2D eigenvalue weighted by Gasteiger charge is -2.28. The second-order valence-electron chi connectivity index (χ2n) is 5.43. The van der Waals surface area contributed by atoms with Crippen molar-refractivity contribution in [3.8, 4) is 17.2 Å². The Balaban J connectivity index is 1.50. The van der Waals surface area contributed by atoms with Crippen LogP contribution < -0.4 is 14.2 Å². The van der Waals surface area contributed by atoms with E-state index >= 15 is 0 Å². The Bertz CT molecular complexity index is 722. The number of ether oxygens (including phenoxy) is 3. The lowest BCUT2D eigenvalue weighted by atomic mass is 10.2. The van der Waals surface area contributed by atoms with E-state index in [0.717, 1.165) is 0 Å². The summed E-state index contributed by atoms with van der Waals surface area (Å²) in [7, 11) is 1.72. The van der Waals surface area contributed by atoms with E-state index in [9.17, 15) is 4.79 Å². The molecule has 0 fully saturated rings. The van der Waals surface area contributed by atoms with Crippen molar-refractivity contribution in [2.75, 3.05) is 26.8 Å². The molecule has 0 aromatic heterocycles. The number of para-hydroxylation sites is 2. The van der Waals surface area contributed by atoms with Crippen LogP contribution in [0.5, 0.6) is 17.2 Å². The van der Waals surface area contributed by atoms with Gasteiger partial charge in [-0.2, -0.15) is 0 Å². The summed E-state index contributed by atoms with van der Waals surface area (Å²) >= 11 is 5.90. The highest BCUT2D eigenvalue weighted by Gasteiger charge is 2.29. The maximum atomic E-state index is 12.4. The molecule has 3 rings (SSSR count). The van der Waals surface area contributed by atoms with Crippen LogP contribution in [0.25, 0.3) is 0 Å².